The van der Waals surface area contributed by atoms with E-state index in [9.17, 15) is 18.0 Å². The van der Waals surface area contributed by atoms with Gasteiger partial charge in [0.1, 0.15) is 29.6 Å². The van der Waals surface area contributed by atoms with Gasteiger partial charge in [-0.15, -0.1) is 0 Å². The van der Waals surface area contributed by atoms with Crippen LogP contribution in [0.1, 0.15) is 31.8 Å². The molecule has 0 saturated carbocycles. The van der Waals surface area contributed by atoms with E-state index in [4.69, 9.17) is 9.47 Å². The second-order valence-corrected chi connectivity index (χ2v) is 11.1. The van der Waals surface area contributed by atoms with Crippen molar-refractivity contribution < 1.29 is 27.5 Å². The molecule has 0 saturated heterocycles. The zero-order chi connectivity index (χ0) is 30.1. The molecule has 0 aliphatic rings. The second-order valence-electron chi connectivity index (χ2n) is 9.46. The topological polar surface area (TPSA) is 111 Å². The zero-order valence-electron chi connectivity index (χ0n) is 23.0. The highest BCUT2D eigenvalue weighted by Crippen LogP contribution is 2.25. The van der Waals surface area contributed by atoms with Crippen LogP contribution in [0.2, 0.25) is 0 Å². The first-order chi connectivity index (χ1) is 20.9. The Labute approximate surface area is 250 Å². The van der Waals surface area contributed by atoms with Gasteiger partial charge in [-0.3, -0.25) is 9.59 Å². The van der Waals surface area contributed by atoms with Gasteiger partial charge >= 0.3 is 0 Å². The van der Waals surface area contributed by atoms with E-state index in [2.05, 4.69) is 10.0 Å². The molecule has 43 heavy (non-hydrogen) atoms. The van der Waals surface area contributed by atoms with Gasteiger partial charge in [0, 0.05) is 5.56 Å². The number of carbonyl (C=O) groups excluding carboxylic acids is 2. The number of hydrogen-bond acceptors (Lipinski definition) is 6. The van der Waals surface area contributed by atoms with E-state index in [0.717, 1.165) is 11.1 Å². The van der Waals surface area contributed by atoms with Crippen LogP contribution in [0.25, 0.3) is 0 Å². The summed E-state index contributed by atoms with van der Waals surface area (Å²) in [5, 5.41) is 2.65. The Morgan fingerprint density at radius 1 is 0.605 bits per heavy atom. The number of rotatable bonds is 11. The summed E-state index contributed by atoms with van der Waals surface area (Å²) >= 11 is 0. The predicted molar refractivity (Wildman–Crippen MR) is 163 cm³/mol. The van der Waals surface area contributed by atoms with E-state index < -0.39 is 21.8 Å². The molecule has 5 rings (SSSR count). The highest BCUT2D eigenvalue weighted by atomic mass is 32.2. The monoisotopic (exact) mass is 592 g/mol. The van der Waals surface area contributed by atoms with Crippen LogP contribution >= 0.6 is 0 Å². The van der Waals surface area contributed by atoms with Gasteiger partial charge in [0.05, 0.1) is 11.3 Å². The van der Waals surface area contributed by atoms with Crippen LogP contribution in [0.3, 0.4) is 0 Å². The summed E-state index contributed by atoms with van der Waals surface area (Å²) in [6.07, 6.45) is 0. The van der Waals surface area contributed by atoms with Crippen molar-refractivity contribution in [3.05, 3.63) is 156 Å². The lowest BCUT2D eigenvalue weighted by Crippen LogP contribution is -2.31. The number of hydrogen-bond donors (Lipinski definition) is 2. The van der Waals surface area contributed by atoms with Gasteiger partial charge in [0.25, 0.3) is 21.8 Å². The van der Waals surface area contributed by atoms with Crippen molar-refractivity contribution in [2.45, 2.75) is 18.1 Å². The summed E-state index contributed by atoms with van der Waals surface area (Å²) in [4.78, 5) is 26.0. The number of para-hydroxylation sites is 2. The Hall–Kier alpha value is -5.41. The van der Waals surface area contributed by atoms with Crippen LogP contribution in [-0.2, 0) is 23.2 Å². The third-order valence-electron chi connectivity index (χ3n) is 6.37. The molecule has 5 aromatic carbocycles. The minimum absolute atomic E-state index is 0.0111. The van der Waals surface area contributed by atoms with Gasteiger partial charge in [-0.1, -0.05) is 91.0 Å². The average Bonchev–Trinajstić information content (AvgIpc) is 3.04. The molecule has 8 nitrogen and oxygen atoms in total. The Kier molecular flexibility index (Phi) is 9.14. The van der Waals surface area contributed by atoms with Crippen molar-refractivity contribution in [2.24, 2.45) is 0 Å². The van der Waals surface area contributed by atoms with Crippen LogP contribution in [0, 0.1) is 0 Å². The molecule has 0 aliphatic carbocycles. The van der Waals surface area contributed by atoms with Gasteiger partial charge < -0.3 is 14.8 Å². The fourth-order valence-electron chi connectivity index (χ4n) is 4.21. The molecule has 0 spiro atoms. The molecular formula is C34H28N2O6S. The van der Waals surface area contributed by atoms with E-state index >= 15 is 0 Å². The molecule has 0 atom stereocenters. The van der Waals surface area contributed by atoms with Crippen LogP contribution in [0.15, 0.2) is 138 Å². The SMILES string of the molecule is O=C(Nc1ccccc1S(=O)(=O)NC(=O)c1ccccc1OCc1ccccc1)c1cccc(OCc2ccccc2)c1. The van der Waals surface area contributed by atoms with Gasteiger partial charge in [-0.25, -0.2) is 13.1 Å². The smallest absolute Gasteiger partial charge is 0.268 e. The van der Waals surface area contributed by atoms with Crippen LogP contribution in [0.5, 0.6) is 11.5 Å². The fourth-order valence-corrected chi connectivity index (χ4v) is 5.34. The van der Waals surface area contributed by atoms with Crippen LogP contribution < -0.4 is 19.5 Å². The summed E-state index contributed by atoms with van der Waals surface area (Å²) in [7, 11) is -4.39. The van der Waals surface area contributed by atoms with E-state index in [1.807, 2.05) is 60.7 Å². The van der Waals surface area contributed by atoms with Crippen molar-refractivity contribution in [2.75, 3.05) is 5.32 Å². The maximum atomic E-state index is 13.4. The second kappa shape index (κ2) is 13.5. The first-order valence-electron chi connectivity index (χ1n) is 13.4. The fraction of sp³-hybridized carbons (Fsp3) is 0.0588. The maximum Gasteiger partial charge on any atom is 0.268 e. The van der Waals surface area contributed by atoms with Gasteiger partial charge in [-0.2, -0.15) is 0 Å². The molecule has 5 aromatic rings. The third-order valence-corrected chi connectivity index (χ3v) is 7.75. The third kappa shape index (κ3) is 7.66. The molecule has 0 aromatic heterocycles. The zero-order valence-corrected chi connectivity index (χ0v) is 23.8. The summed E-state index contributed by atoms with van der Waals surface area (Å²) in [5.41, 5.74) is 2.20. The quantitative estimate of drug-likeness (QED) is 0.189. The number of anilines is 1. The van der Waals surface area contributed by atoms with Crippen molar-refractivity contribution in [1.29, 1.82) is 0 Å². The minimum Gasteiger partial charge on any atom is -0.489 e. The van der Waals surface area contributed by atoms with Crippen molar-refractivity contribution in [3.63, 3.8) is 0 Å². The Balaban J connectivity index is 1.29. The lowest BCUT2D eigenvalue weighted by molar-refractivity contribution is 0.0975. The van der Waals surface area contributed by atoms with Crippen LogP contribution in [-0.4, -0.2) is 20.2 Å². The number of benzene rings is 5. The molecule has 216 valence electrons. The molecule has 0 bridgehead atoms. The van der Waals surface area contributed by atoms with E-state index in [1.54, 1.807) is 48.5 Å². The standard InChI is InChI=1S/C34H28N2O6S/c37-33(27-16-11-17-28(22-27)41-23-25-12-3-1-4-13-25)35-30-19-8-10-21-32(30)43(39,40)36-34(38)29-18-7-9-20-31(29)42-24-26-14-5-2-6-15-26/h1-22H,23-24H2,(H,35,37)(H,36,38). The molecule has 2 N–H and O–H groups in total. The molecule has 0 unspecified atom stereocenters. The number of carbonyl (C=O) groups is 2. The predicted octanol–water partition coefficient (Wildman–Crippen LogP) is 6.22. The normalized spacial score (nSPS) is 10.9. The first kappa shape index (κ1) is 29.1. The molecule has 2 amide bonds. The van der Waals surface area contributed by atoms with Gasteiger partial charge in [0.15, 0.2) is 0 Å². The van der Waals surface area contributed by atoms with Crippen LogP contribution in [0.4, 0.5) is 5.69 Å². The average molecular weight is 593 g/mol. The summed E-state index contributed by atoms with van der Waals surface area (Å²) < 4.78 is 40.5. The summed E-state index contributed by atoms with van der Waals surface area (Å²) in [6, 6.07) is 37.8. The van der Waals surface area contributed by atoms with E-state index in [0.29, 0.717) is 12.4 Å². The summed E-state index contributed by atoms with van der Waals surface area (Å²) in [6.45, 7) is 0.526. The van der Waals surface area contributed by atoms with E-state index in [1.165, 1.54) is 24.3 Å². The molecule has 0 radical (unpaired) electrons. The van der Waals surface area contributed by atoms with Crippen molar-refractivity contribution in [3.8, 4) is 11.5 Å². The number of ether oxygens (including phenoxy) is 2. The Morgan fingerprint density at radius 3 is 1.93 bits per heavy atom. The first-order valence-corrected chi connectivity index (χ1v) is 14.9. The number of amides is 2. The molecule has 0 aliphatic heterocycles. The lowest BCUT2D eigenvalue weighted by Gasteiger charge is -2.15. The summed E-state index contributed by atoms with van der Waals surface area (Å²) in [5.74, 6) is -0.695. The highest BCUT2D eigenvalue weighted by molar-refractivity contribution is 7.90. The molecular weight excluding hydrogens is 564 g/mol. The number of sulfonamides is 1. The number of nitrogens with one attached hydrogen (secondary N) is 2. The molecule has 0 heterocycles. The largest absolute Gasteiger partial charge is 0.489 e. The van der Waals surface area contributed by atoms with Crippen molar-refractivity contribution >= 4 is 27.5 Å². The lowest BCUT2D eigenvalue weighted by atomic mass is 10.2. The highest BCUT2D eigenvalue weighted by Gasteiger charge is 2.24. The van der Waals surface area contributed by atoms with Crippen molar-refractivity contribution in [1.82, 2.24) is 4.72 Å². The van der Waals surface area contributed by atoms with Gasteiger partial charge in [0.2, 0.25) is 0 Å². The maximum absolute atomic E-state index is 13.4. The minimum atomic E-state index is -4.39. The Morgan fingerprint density at radius 2 is 1.21 bits per heavy atom. The van der Waals surface area contributed by atoms with Gasteiger partial charge in [-0.05, 0) is 53.6 Å². The Bertz CT molecular complexity index is 1830. The molecule has 0 fully saturated rings. The molecule has 9 heteroatoms. The van der Waals surface area contributed by atoms with E-state index in [-0.39, 0.29) is 34.1 Å².